The van der Waals surface area contributed by atoms with Gasteiger partial charge >= 0.3 is 0 Å². The predicted molar refractivity (Wildman–Crippen MR) is 97.7 cm³/mol. The van der Waals surface area contributed by atoms with E-state index in [-0.39, 0.29) is 0 Å². The summed E-state index contributed by atoms with van der Waals surface area (Å²) in [6, 6.07) is 29.5. The molecular formula is C20H17N2OP. The number of nitriles is 1. The standard InChI is InChI=1S/C20H17N2OP/c21-16-20(17-10-4-1-5-11-17)22-24(23,18-12-6-2-7-13-18)19-14-8-3-9-15-19/h1-15,20H,(H,22,23). The Kier molecular flexibility index (Phi) is 4.91. The zero-order valence-electron chi connectivity index (χ0n) is 13.0. The number of nitrogens with one attached hydrogen (secondary N) is 1. The minimum absolute atomic E-state index is 0.655. The van der Waals surface area contributed by atoms with Crippen molar-refractivity contribution < 1.29 is 4.57 Å². The molecule has 0 aliphatic rings. The summed E-state index contributed by atoms with van der Waals surface area (Å²) >= 11 is 0. The number of benzene rings is 3. The highest BCUT2D eigenvalue weighted by atomic mass is 31.2. The van der Waals surface area contributed by atoms with Gasteiger partial charge < -0.3 is 0 Å². The average Bonchev–Trinajstić information content (AvgIpc) is 2.68. The second-order valence-corrected chi connectivity index (χ2v) is 7.89. The first-order chi connectivity index (χ1) is 11.7. The van der Waals surface area contributed by atoms with E-state index in [1.54, 1.807) is 0 Å². The van der Waals surface area contributed by atoms with Crippen molar-refractivity contribution in [3.63, 3.8) is 0 Å². The molecule has 0 aliphatic heterocycles. The van der Waals surface area contributed by atoms with E-state index in [0.717, 1.165) is 5.56 Å². The monoisotopic (exact) mass is 332 g/mol. The van der Waals surface area contributed by atoms with Crippen molar-refractivity contribution in [2.75, 3.05) is 0 Å². The molecule has 0 aliphatic carbocycles. The number of hydrogen-bond acceptors (Lipinski definition) is 2. The van der Waals surface area contributed by atoms with Crippen LogP contribution in [0.5, 0.6) is 0 Å². The van der Waals surface area contributed by atoms with Crippen LogP contribution in [0.4, 0.5) is 0 Å². The highest BCUT2D eigenvalue weighted by Gasteiger charge is 2.30. The second kappa shape index (κ2) is 7.27. The summed E-state index contributed by atoms with van der Waals surface area (Å²) in [5.41, 5.74) is 0.798. The van der Waals surface area contributed by atoms with Crippen LogP contribution >= 0.6 is 7.29 Å². The maximum absolute atomic E-state index is 13.9. The lowest BCUT2D eigenvalue weighted by molar-refractivity contribution is 0.574. The maximum atomic E-state index is 13.9. The highest BCUT2D eigenvalue weighted by Crippen LogP contribution is 2.41. The molecule has 1 atom stereocenters. The first kappa shape index (κ1) is 16.2. The van der Waals surface area contributed by atoms with Gasteiger partial charge in [-0.05, 0) is 29.8 Å². The molecule has 0 amide bonds. The van der Waals surface area contributed by atoms with E-state index < -0.39 is 13.3 Å². The van der Waals surface area contributed by atoms with Gasteiger partial charge in [-0.15, -0.1) is 0 Å². The third-order valence-corrected chi connectivity index (χ3v) is 6.49. The van der Waals surface area contributed by atoms with Crippen molar-refractivity contribution in [3.05, 3.63) is 96.6 Å². The van der Waals surface area contributed by atoms with E-state index in [1.165, 1.54) is 0 Å². The predicted octanol–water partition coefficient (Wildman–Crippen LogP) is 3.77. The Morgan fingerprint density at radius 1 is 0.750 bits per heavy atom. The van der Waals surface area contributed by atoms with Crippen molar-refractivity contribution in [2.45, 2.75) is 6.04 Å². The molecule has 1 unspecified atom stereocenters. The normalized spacial score (nSPS) is 12.3. The van der Waals surface area contributed by atoms with Gasteiger partial charge in [-0.3, -0.25) is 4.57 Å². The first-order valence-corrected chi connectivity index (χ1v) is 9.38. The van der Waals surface area contributed by atoms with E-state index in [1.807, 2.05) is 91.0 Å². The molecular weight excluding hydrogens is 315 g/mol. The second-order valence-electron chi connectivity index (χ2n) is 5.38. The van der Waals surface area contributed by atoms with E-state index in [2.05, 4.69) is 11.2 Å². The SMILES string of the molecule is N#CC(NP(=O)(c1ccccc1)c1ccccc1)c1ccccc1. The molecule has 0 saturated carbocycles. The molecule has 0 heterocycles. The molecule has 4 heteroatoms. The van der Waals surface area contributed by atoms with Gasteiger partial charge in [-0.2, -0.15) is 5.26 Å². The van der Waals surface area contributed by atoms with Crippen LogP contribution in [-0.2, 0) is 4.57 Å². The maximum Gasteiger partial charge on any atom is 0.205 e. The Morgan fingerprint density at radius 2 is 1.17 bits per heavy atom. The van der Waals surface area contributed by atoms with Gasteiger partial charge in [0, 0.05) is 10.6 Å². The van der Waals surface area contributed by atoms with Gasteiger partial charge in [-0.25, -0.2) is 5.09 Å². The van der Waals surface area contributed by atoms with Crippen molar-refractivity contribution in [2.24, 2.45) is 0 Å². The van der Waals surface area contributed by atoms with E-state index in [0.29, 0.717) is 10.6 Å². The van der Waals surface area contributed by atoms with Gasteiger partial charge in [0.05, 0.1) is 6.07 Å². The average molecular weight is 332 g/mol. The van der Waals surface area contributed by atoms with Gasteiger partial charge in [-0.1, -0.05) is 66.7 Å². The number of rotatable bonds is 5. The minimum atomic E-state index is -3.13. The van der Waals surface area contributed by atoms with Gasteiger partial charge in [0.25, 0.3) is 0 Å². The third-order valence-electron chi connectivity index (χ3n) is 3.81. The zero-order valence-corrected chi connectivity index (χ0v) is 13.9. The van der Waals surface area contributed by atoms with Crippen LogP contribution in [-0.4, -0.2) is 0 Å². The van der Waals surface area contributed by atoms with E-state index in [4.69, 9.17) is 0 Å². The Balaban J connectivity index is 2.07. The smallest absolute Gasteiger partial charge is 0.205 e. The topological polar surface area (TPSA) is 52.9 Å². The number of nitrogens with zero attached hydrogens (tertiary/aromatic N) is 1. The molecule has 0 saturated heterocycles. The fourth-order valence-corrected chi connectivity index (χ4v) is 4.93. The first-order valence-electron chi connectivity index (χ1n) is 7.68. The zero-order chi connectivity index (χ0) is 16.8. The Hall–Kier alpha value is -2.66. The lowest BCUT2D eigenvalue weighted by Crippen LogP contribution is -2.30. The Labute approximate surface area is 142 Å². The molecule has 0 bridgehead atoms. The Bertz CT molecular complexity index is 830. The largest absolute Gasteiger partial charge is 0.296 e. The van der Waals surface area contributed by atoms with Crippen molar-refractivity contribution in [1.29, 1.82) is 5.26 Å². The van der Waals surface area contributed by atoms with Crippen LogP contribution in [0.15, 0.2) is 91.0 Å². The highest BCUT2D eigenvalue weighted by molar-refractivity contribution is 7.76. The molecule has 3 nitrogen and oxygen atoms in total. The van der Waals surface area contributed by atoms with Gasteiger partial charge in [0.1, 0.15) is 6.04 Å². The molecule has 1 N–H and O–H groups in total. The van der Waals surface area contributed by atoms with E-state index in [9.17, 15) is 9.83 Å². The molecule has 3 rings (SSSR count). The van der Waals surface area contributed by atoms with Gasteiger partial charge in [0.15, 0.2) is 0 Å². The summed E-state index contributed by atoms with van der Waals surface area (Å²) in [4.78, 5) is 0. The van der Waals surface area contributed by atoms with E-state index >= 15 is 0 Å². The molecule has 3 aromatic carbocycles. The minimum Gasteiger partial charge on any atom is -0.296 e. The fraction of sp³-hybridized carbons (Fsp3) is 0.0500. The molecule has 3 aromatic rings. The van der Waals surface area contributed by atoms with Gasteiger partial charge in [0.2, 0.25) is 7.29 Å². The lowest BCUT2D eigenvalue weighted by Gasteiger charge is -2.23. The van der Waals surface area contributed by atoms with Crippen molar-refractivity contribution in [3.8, 4) is 6.07 Å². The fourth-order valence-electron chi connectivity index (χ4n) is 2.58. The number of hydrogen-bond donors (Lipinski definition) is 1. The molecule has 0 radical (unpaired) electrons. The summed E-state index contributed by atoms with van der Waals surface area (Å²) in [6.45, 7) is 0. The van der Waals surface area contributed by atoms with Crippen LogP contribution < -0.4 is 15.7 Å². The van der Waals surface area contributed by atoms with Crippen LogP contribution in [0.2, 0.25) is 0 Å². The quantitative estimate of drug-likeness (QED) is 0.724. The van der Waals surface area contributed by atoms with Crippen LogP contribution in [0.3, 0.4) is 0 Å². The van der Waals surface area contributed by atoms with Crippen molar-refractivity contribution >= 4 is 17.9 Å². The molecule has 0 aromatic heterocycles. The van der Waals surface area contributed by atoms with Crippen LogP contribution in [0.1, 0.15) is 11.6 Å². The molecule has 0 fully saturated rings. The molecule has 118 valence electrons. The van der Waals surface area contributed by atoms with Crippen molar-refractivity contribution in [1.82, 2.24) is 5.09 Å². The third kappa shape index (κ3) is 3.31. The van der Waals surface area contributed by atoms with Crippen LogP contribution in [0.25, 0.3) is 0 Å². The molecule has 24 heavy (non-hydrogen) atoms. The summed E-state index contributed by atoms with van der Waals surface area (Å²) in [5.74, 6) is 0. The Morgan fingerprint density at radius 3 is 1.58 bits per heavy atom. The summed E-state index contributed by atoms with van der Waals surface area (Å²) in [5, 5.41) is 14.1. The summed E-state index contributed by atoms with van der Waals surface area (Å²) < 4.78 is 13.9. The lowest BCUT2D eigenvalue weighted by atomic mass is 10.1. The van der Waals surface area contributed by atoms with Crippen LogP contribution in [0, 0.1) is 11.3 Å². The summed E-state index contributed by atoms with van der Waals surface area (Å²) in [7, 11) is -3.13. The summed E-state index contributed by atoms with van der Waals surface area (Å²) in [6.07, 6.45) is 0. The molecule has 0 spiro atoms.